The fourth-order valence-corrected chi connectivity index (χ4v) is 4.91. The van der Waals surface area contributed by atoms with E-state index in [4.69, 9.17) is 27.9 Å². The summed E-state index contributed by atoms with van der Waals surface area (Å²) in [4.78, 5) is 12.8. The highest BCUT2D eigenvalue weighted by Gasteiger charge is 2.27. The second-order valence-corrected chi connectivity index (χ2v) is 10.4. The van der Waals surface area contributed by atoms with Gasteiger partial charge in [-0.2, -0.15) is 4.31 Å². The van der Waals surface area contributed by atoms with Crippen LogP contribution in [0.1, 0.15) is 5.56 Å². The van der Waals surface area contributed by atoms with E-state index in [9.17, 15) is 13.2 Å². The number of hydrogen-bond acceptors (Lipinski definition) is 4. The lowest BCUT2D eigenvalue weighted by atomic mass is 10.2. The molecule has 0 saturated carbocycles. The largest absolute Gasteiger partial charge is 0.495 e. The number of benzene rings is 3. The number of carbonyl (C=O) groups is 1. The molecule has 0 saturated heterocycles. The van der Waals surface area contributed by atoms with Gasteiger partial charge in [-0.3, -0.25) is 4.79 Å². The van der Waals surface area contributed by atoms with E-state index in [1.165, 1.54) is 25.3 Å². The Morgan fingerprint density at radius 3 is 2.28 bits per heavy atom. The Morgan fingerprint density at radius 2 is 1.69 bits per heavy atom. The second kappa shape index (κ2) is 10.7. The number of carbonyl (C=O) groups excluding carboxylic acids is 1. The average Bonchev–Trinajstić information content (AvgIpc) is 2.75. The zero-order chi connectivity index (χ0) is 23.3. The van der Waals surface area contributed by atoms with Crippen LogP contribution in [0.25, 0.3) is 0 Å². The van der Waals surface area contributed by atoms with Crippen LogP contribution in [0.15, 0.2) is 76.1 Å². The van der Waals surface area contributed by atoms with E-state index < -0.39 is 22.5 Å². The molecule has 0 radical (unpaired) electrons. The maximum Gasteiger partial charge on any atom is 0.243 e. The van der Waals surface area contributed by atoms with Crippen LogP contribution in [-0.2, 0) is 21.4 Å². The van der Waals surface area contributed by atoms with E-state index in [1.54, 1.807) is 48.5 Å². The monoisotopic (exact) mass is 556 g/mol. The molecule has 1 N–H and O–H groups in total. The van der Waals surface area contributed by atoms with Crippen LogP contribution in [0.2, 0.25) is 10.0 Å². The van der Waals surface area contributed by atoms with Crippen molar-refractivity contribution >= 4 is 60.7 Å². The first kappa shape index (κ1) is 24.5. The van der Waals surface area contributed by atoms with Crippen molar-refractivity contribution in [3.05, 3.63) is 86.8 Å². The third kappa shape index (κ3) is 6.24. The van der Waals surface area contributed by atoms with Crippen LogP contribution in [0.4, 0.5) is 5.69 Å². The van der Waals surface area contributed by atoms with Gasteiger partial charge in [0, 0.05) is 21.7 Å². The molecule has 3 rings (SSSR count). The molecule has 32 heavy (non-hydrogen) atoms. The summed E-state index contributed by atoms with van der Waals surface area (Å²) in [5.41, 5.74) is 1.11. The van der Waals surface area contributed by atoms with Crippen molar-refractivity contribution in [2.24, 2.45) is 0 Å². The molecule has 0 aliphatic heterocycles. The minimum absolute atomic E-state index is 0.00758. The van der Waals surface area contributed by atoms with Gasteiger partial charge in [0.15, 0.2) is 0 Å². The Bertz CT molecular complexity index is 1200. The molecule has 10 heteroatoms. The standard InChI is InChI=1S/C22H19BrCl2N2O4S/c1-31-21-11-8-18(12-20(21)25)26-22(28)14-27(13-15-2-6-17(24)7-3-15)32(29,30)19-9-4-16(23)5-10-19/h2-12H,13-14H2,1H3,(H,26,28). The molecule has 0 atom stereocenters. The van der Waals surface area contributed by atoms with Crippen molar-refractivity contribution in [1.29, 1.82) is 0 Å². The minimum atomic E-state index is -3.96. The molecule has 0 unspecified atom stereocenters. The Balaban J connectivity index is 1.86. The predicted molar refractivity (Wildman–Crippen MR) is 130 cm³/mol. The first-order valence-electron chi connectivity index (χ1n) is 9.32. The SMILES string of the molecule is COc1ccc(NC(=O)CN(Cc2ccc(Cl)cc2)S(=O)(=O)c2ccc(Br)cc2)cc1Cl. The van der Waals surface area contributed by atoms with Gasteiger partial charge in [0.25, 0.3) is 0 Å². The molecular weight excluding hydrogens is 539 g/mol. The molecule has 3 aromatic carbocycles. The lowest BCUT2D eigenvalue weighted by Gasteiger charge is -2.22. The van der Waals surface area contributed by atoms with Crippen LogP contribution in [-0.4, -0.2) is 32.3 Å². The first-order chi connectivity index (χ1) is 15.2. The molecule has 0 fully saturated rings. The minimum Gasteiger partial charge on any atom is -0.495 e. The first-order valence-corrected chi connectivity index (χ1v) is 12.3. The third-order valence-corrected chi connectivity index (χ3v) is 7.36. The molecule has 3 aromatic rings. The summed E-state index contributed by atoms with van der Waals surface area (Å²) in [6.45, 7) is -0.406. The van der Waals surface area contributed by atoms with Crippen molar-refractivity contribution in [3.63, 3.8) is 0 Å². The highest BCUT2D eigenvalue weighted by molar-refractivity contribution is 9.10. The topological polar surface area (TPSA) is 75.7 Å². The van der Waals surface area contributed by atoms with Gasteiger partial charge in [-0.15, -0.1) is 0 Å². The zero-order valence-electron chi connectivity index (χ0n) is 16.9. The summed E-state index contributed by atoms with van der Waals surface area (Å²) in [6.07, 6.45) is 0. The van der Waals surface area contributed by atoms with Crippen molar-refractivity contribution in [2.45, 2.75) is 11.4 Å². The molecule has 1 amide bonds. The van der Waals surface area contributed by atoms with E-state index in [1.807, 2.05) is 0 Å². The smallest absolute Gasteiger partial charge is 0.243 e. The van der Waals surface area contributed by atoms with Crippen molar-refractivity contribution < 1.29 is 17.9 Å². The molecule has 0 spiro atoms. The molecule has 0 heterocycles. The van der Waals surface area contributed by atoms with E-state index in [-0.39, 0.29) is 11.4 Å². The number of sulfonamides is 1. The molecule has 168 valence electrons. The number of amides is 1. The zero-order valence-corrected chi connectivity index (χ0v) is 20.8. The van der Waals surface area contributed by atoms with Crippen molar-refractivity contribution in [3.8, 4) is 5.75 Å². The van der Waals surface area contributed by atoms with Gasteiger partial charge >= 0.3 is 0 Å². The Kier molecular flexibility index (Phi) is 8.19. The molecule has 6 nitrogen and oxygen atoms in total. The Morgan fingerprint density at radius 1 is 1.03 bits per heavy atom. The second-order valence-electron chi connectivity index (χ2n) is 6.75. The summed E-state index contributed by atoms with van der Waals surface area (Å²) in [5.74, 6) is -0.0484. The van der Waals surface area contributed by atoms with Crippen LogP contribution in [0.3, 0.4) is 0 Å². The molecule has 0 bridgehead atoms. The van der Waals surface area contributed by atoms with E-state index in [2.05, 4.69) is 21.2 Å². The average molecular weight is 558 g/mol. The number of methoxy groups -OCH3 is 1. The predicted octanol–water partition coefficient (Wildman–Crippen LogP) is 5.59. The number of anilines is 1. The van der Waals surface area contributed by atoms with Crippen molar-refractivity contribution in [2.75, 3.05) is 19.0 Å². The fraction of sp³-hybridized carbons (Fsp3) is 0.136. The molecule has 0 aliphatic carbocycles. The quantitative estimate of drug-likeness (QED) is 0.391. The van der Waals surface area contributed by atoms with Gasteiger partial charge in [0.2, 0.25) is 15.9 Å². The number of nitrogens with zero attached hydrogens (tertiary/aromatic N) is 1. The lowest BCUT2D eigenvalue weighted by molar-refractivity contribution is -0.116. The summed E-state index contributed by atoms with van der Waals surface area (Å²) < 4.78 is 33.6. The van der Waals surface area contributed by atoms with Gasteiger partial charge in [0.1, 0.15) is 5.75 Å². The van der Waals surface area contributed by atoms with E-state index in [0.29, 0.717) is 27.0 Å². The van der Waals surface area contributed by atoms with Gasteiger partial charge in [0.05, 0.1) is 23.6 Å². The van der Waals surface area contributed by atoms with Gasteiger partial charge in [-0.05, 0) is 60.2 Å². The third-order valence-electron chi connectivity index (χ3n) is 4.48. The van der Waals surface area contributed by atoms with Gasteiger partial charge in [-0.1, -0.05) is 51.3 Å². The number of ether oxygens (including phenoxy) is 1. The van der Waals surface area contributed by atoms with Crippen LogP contribution in [0.5, 0.6) is 5.75 Å². The number of hydrogen-bond donors (Lipinski definition) is 1. The van der Waals surface area contributed by atoms with Gasteiger partial charge in [-0.25, -0.2) is 8.42 Å². The van der Waals surface area contributed by atoms with Crippen LogP contribution in [0, 0.1) is 0 Å². The fourth-order valence-electron chi connectivity index (χ4n) is 2.88. The van der Waals surface area contributed by atoms with E-state index >= 15 is 0 Å². The Hall–Kier alpha value is -2.10. The highest BCUT2D eigenvalue weighted by Crippen LogP contribution is 2.27. The van der Waals surface area contributed by atoms with Gasteiger partial charge < -0.3 is 10.1 Å². The highest BCUT2D eigenvalue weighted by atomic mass is 79.9. The number of nitrogens with one attached hydrogen (secondary N) is 1. The summed E-state index contributed by atoms with van der Waals surface area (Å²) in [6, 6.07) is 17.8. The van der Waals surface area contributed by atoms with Crippen LogP contribution < -0.4 is 10.1 Å². The van der Waals surface area contributed by atoms with Crippen LogP contribution >= 0.6 is 39.1 Å². The molecular formula is C22H19BrCl2N2O4S. The number of halogens is 3. The normalized spacial score (nSPS) is 11.4. The lowest BCUT2D eigenvalue weighted by Crippen LogP contribution is -2.37. The summed E-state index contributed by atoms with van der Waals surface area (Å²) >= 11 is 15.3. The maximum atomic E-state index is 13.3. The molecule has 0 aromatic heterocycles. The van der Waals surface area contributed by atoms with Crippen molar-refractivity contribution in [1.82, 2.24) is 4.31 Å². The molecule has 0 aliphatic rings. The Labute approximate surface area is 205 Å². The number of rotatable bonds is 8. The summed E-state index contributed by atoms with van der Waals surface area (Å²) in [7, 11) is -2.47. The summed E-state index contributed by atoms with van der Waals surface area (Å²) in [5, 5.41) is 3.54. The van der Waals surface area contributed by atoms with E-state index in [0.717, 1.165) is 8.78 Å². The maximum absolute atomic E-state index is 13.3.